The van der Waals surface area contributed by atoms with Gasteiger partial charge < -0.3 is 10.2 Å². The van der Waals surface area contributed by atoms with Crippen LogP contribution in [0, 0.1) is 23.2 Å². The summed E-state index contributed by atoms with van der Waals surface area (Å²) in [4.78, 5) is 0. The van der Waals surface area contributed by atoms with E-state index in [0.29, 0.717) is 5.92 Å². The van der Waals surface area contributed by atoms with Gasteiger partial charge in [0.15, 0.2) is 0 Å². The summed E-state index contributed by atoms with van der Waals surface area (Å²) in [7, 11) is 0. The first kappa shape index (κ1) is 13.1. The van der Waals surface area contributed by atoms with E-state index in [1.54, 1.807) is 0 Å². The predicted molar refractivity (Wildman–Crippen MR) is 69.6 cm³/mol. The second-order valence-corrected chi connectivity index (χ2v) is 6.55. The van der Waals surface area contributed by atoms with E-state index >= 15 is 0 Å². The zero-order valence-corrected chi connectivity index (χ0v) is 11.2. The van der Waals surface area contributed by atoms with Crippen LogP contribution in [0.25, 0.3) is 0 Å². The van der Waals surface area contributed by atoms with Gasteiger partial charge in [-0.2, -0.15) is 0 Å². The first-order valence-corrected chi connectivity index (χ1v) is 6.94. The summed E-state index contributed by atoms with van der Waals surface area (Å²) in [6.07, 6.45) is 5.23. The van der Waals surface area contributed by atoms with Crippen molar-refractivity contribution in [2.75, 3.05) is 6.61 Å². The normalized spacial score (nSPS) is 44.2. The van der Waals surface area contributed by atoms with Crippen molar-refractivity contribution in [3.05, 3.63) is 12.2 Å². The van der Waals surface area contributed by atoms with Gasteiger partial charge in [0, 0.05) is 6.61 Å². The summed E-state index contributed by atoms with van der Waals surface area (Å²) in [6, 6.07) is 0. The molecule has 0 saturated heterocycles. The van der Waals surface area contributed by atoms with E-state index in [0.717, 1.165) is 19.3 Å². The van der Waals surface area contributed by atoms with Crippen LogP contribution in [0.1, 0.15) is 46.0 Å². The van der Waals surface area contributed by atoms with E-state index in [2.05, 4.69) is 13.5 Å². The van der Waals surface area contributed by atoms with Crippen molar-refractivity contribution in [1.29, 1.82) is 0 Å². The Hall–Kier alpha value is -0.340. The molecular formula is C15H26O2. The first-order valence-electron chi connectivity index (χ1n) is 6.94. The van der Waals surface area contributed by atoms with Crippen molar-refractivity contribution in [3.8, 4) is 0 Å². The smallest absolute Gasteiger partial charge is 0.0577 e. The molecule has 0 aromatic heterocycles. The lowest BCUT2D eigenvalue weighted by molar-refractivity contribution is -0.0574. The number of aliphatic hydroxyl groups excluding tert-OH is 2. The number of allylic oxidation sites excluding steroid dienone is 1. The van der Waals surface area contributed by atoms with Gasteiger partial charge in [-0.15, -0.1) is 0 Å². The molecule has 0 heterocycles. The maximum absolute atomic E-state index is 10.3. The van der Waals surface area contributed by atoms with Crippen molar-refractivity contribution in [1.82, 2.24) is 0 Å². The van der Waals surface area contributed by atoms with Crippen molar-refractivity contribution < 1.29 is 10.2 Å². The van der Waals surface area contributed by atoms with Gasteiger partial charge in [-0.3, -0.25) is 0 Å². The maximum Gasteiger partial charge on any atom is 0.0577 e. The van der Waals surface area contributed by atoms with E-state index in [1.807, 2.05) is 6.92 Å². The van der Waals surface area contributed by atoms with Crippen LogP contribution >= 0.6 is 0 Å². The average molecular weight is 238 g/mol. The summed E-state index contributed by atoms with van der Waals surface area (Å²) in [5.41, 5.74) is 1.63. The highest BCUT2D eigenvalue weighted by Crippen LogP contribution is 2.54. The van der Waals surface area contributed by atoms with Crippen LogP contribution in [0.3, 0.4) is 0 Å². The van der Waals surface area contributed by atoms with Gasteiger partial charge in [0.05, 0.1) is 6.10 Å². The molecule has 0 spiro atoms. The van der Waals surface area contributed by atoms with Gasteiger partial charge in [0.2, 0.25) is 0 Å². The second kappa shape index (κ2) is 4.74. The van der Waals surface area contributed by atoms with Crippen LogP contribution in [-0.4, -0.2) is 22.9 Å². The van der Waals surface area contributed by atoms with Gasteiger partial charge in [-0.25, -0.2) is 0 Å². The SMILES string of the molecule is C=C1CCC[C@@]2(C)C[C@H](O)[C@H](C(C)CO)C[C@H]12. The van der Waals surface area contributed by atoms with E-state index in [9.17, 15) is 10.2 Å². The highest BCUT2D eigenvalue weighted by Gasteiger charge is 2.47. The number of hydrogen-bond donors (Lipinski definition) is 2. The fourth-order valence-electron chi connectivity index (χ4n) is 4.06. The number of aliphatic hydroxyl groups is 2. The molecule has 98 valence electrons. The lowest BCUT2D eigenvalue weighted by atomic mass is 9.55. The first-order chi connectivity index (χ1) is 7.98. The van der Waals surface area contributed by atoms with Crippen LogP contribution in [0.5, 0.6) is 0 Å². The highest BCUT2D eigenvalue weighted by atomic mass is 16.3. The zero-order valence-electron chi connectivity index (χ0n) is 11.2. The molecule has 0 aliphatic heterocycles. The Labute approximate surface area is 105 Å². The highest BCUT2D eigenvalue weighted by molar-refractivity contribution is 5.13. The van der Waals surface area contributed by atoms with Gasteiger partial charge in [0.1, 0.15) is 0 Å². The summed E-state index contributed by atoms with van der Waals surface area (Å²) in [5, 5.41) is 19.6. The number of hydrogen-bond acceptors (Lipinski definition) is 2. The Morgan fingerprint density at radius 2 is 2.24 bits per heavy atom. The molecule has 2 aliphatic rings. The molecule has 2 N–H and O–H groups in total. The molecule has 1 unspecified atom stereocenters. The van der Waals surface area contributed by atoms with Crippen molar-refractivity contribution in [2.24, 2.45) is 23.2 Å². The Morgan fingerprint density at radius 1 is 1.53 bits per heavy atom. The monoisotopic (exact) mass is 238 g/mol. The molecule has 0 bridgehead atoms. The Morgan fingerprint density at radius 3 is 2.88 bits per heavy atom. The Balaban J connectivity index is 2.17. The third-order valence-corrected chi connectivity index (χ3v) is 5.28. The van der Waals surface area contributed by atoms with E-state index in [4.69, 9.17) is 0 Å². The van der Waals surface area contributed by atoms with Crippen LogP contribution in [-0.2, 0) is 0 Å². The lowest BCUT2D eigenvalue weighted by Crippen LogP contribution is -2.46. The molecule has 0 aromatic carbocycles. The number of fused-ring (bicyclic) bond motifs is 1. The van der Waals surface area contributed by atoms with Crippen LogP contribution in [0.4, 0.5) is 0 Å². The minimum atomic E-state index is -0.246. The maximum atomic E-state index is 10.3. The molecule has 5 atom stereocenters. The molecule has 0 aromatic rings. The van der Waals surface area contributed by atoms with Gasteiger partial charge in [-0.05, 0) is 55.3 Å². The third kappa shape index (κ3) is 2.30. The number of rotatable bonds is 2. The van der Waals surface area contributed by atoms with E-state index in [1.165, 1.54) is 18.4 Å². The topological polar surface area (TPSA) is 40.5 Å². The fourth-order valence-corrected chi connectivity index (χ4v) is 4.06. The van der Waals surface area contributed by atoms with E-state index in [-0.39, 0.29) is 30.0 Å². The summed E-state index contributed by atoms with van der Waals surface area (Å²) < 4.78 is 0. The van der Waals surface area contributed by atoms with Crippen molar-refractivity contribution >= 4 is 0 Å². The second-order valence-electron chi connectivity index (χ2n) is 6.55. The Kier molecular flexibility index (Phi) is 3.65. The van der Waals surface area contributed by atoms with Gasteiger partial charge in [-0.1, -0.05) is 26.0 Å². The third-order valence-electron chi connectivity index (χ3n) is 5.28. The largest absolute Gasteiger partial charge is 0.396 e. The standard InChI is InChI=1S/C15H26O2/c1-10-5-4-6-15(3)8-14(17)12(7-13(10)15)11(2)9-16/h11-14,16-17H,1,4-9H2,2-3H3/t11?,12-,13+,14-,15-/m0/s1. The van der Waals surface area contributed by atoms with Crippen LogP contribution < -0.4 is 0 Å². The zero-order chi connectivity index (χ0) is 12.6. The van der Waals surface area contributed by atoms with Gasteiger partial charge >= 0.3 is 0 Å². The lowest BCUT2D eigenvalue weighted by Gasteiger charge is -2.51. The molecule has 2 saturated carbocycles. The van der Waals surface area contributed by atoms with Crippen LogP contribution in [0.15, 0.2) is 12.2 Å². The predicted octanol–water partition coefficient (Wildman–Crippen LogP) is 2.75. The molecular weight excluding hydrogens is 212 g/mol. The summed E-state index contributed by atoms with van der Waals surface area (Å²) in [6.45, 7) is 8.78. The minimum absolute atomic E-state index is 0.178. The van der Waals surface area contributed by atoms with Crippen molar-refractivity contribution in [2.45, 2.75) is 52.1 Å². The van der Waals surface area contributed by atoms with E-state index < -0.39 is 0 Å². The molecule has 2 nitrogen and oxygen atoms in total. The Bertz CT molecular complexity index is 299. The molecule has 2 fully saturated rings. The summed E-state index contributed by atoms with van der Waals surface area (Å²) >= 11 is 0. The quantitative estimate of drug-likeness (QED) is 0.726. The fraction of sp³-hybridized carbons (Fsp3) is 0.867. The average Bonchev–Trinajstić information content (AvgIpc) is 2.27. The molecule has 17 heavy (non-hydrogen) atoms. The molecule has 2 heteroatoms. The molecule has 2 rings (SSSR count). The molecule has 0 radical (unpaired) electrons. The van der Waals surface area contributed by atoms with Crippen molar-refractivity contribution in [3.63, 3.8) is 0 Å². The molecule has 2 aliphatic carbocycles. The molecule has 0 amide bonds. The van der Waals surface area contributed by atoms with Crippen LogP contribution in [0.2, 0.25) is 0 Å². The summed E-state index contributed by atoms with van der Waals surface area (Å²) in [5.74, 6) is 0.996. The minimum Gasteiger partial charge on any atom is -0.396 e. The van der Waals surface area contributed by atoms with Gasteiger partial charge in [0.25, 0.3) is 0 Å².